The number of hydrogen-bond donors (Lipinski definition) is 0. The highest BCUT2D eigenvalue weighted by molar-refractivity contribution is 7.87. The van der Waals surface area contributed by atoms with Gasteiger partial charge in [-0.05, 0) is 25.3 Å². The summed E-state index contributed by atoms with van der Waals surface area (Å²) in [6, 6.07) is 0. The van der Waals surface area contributed by atoms with Crippen LogP contribution in [0.5, 0.6) is 0 Å². The maximum atomic E-state index is 12.0. The van der Waals surface area contributed by atoms with E-state index < -0.39 is 15.6 Å². The molecular formula is C9H11F3O3S. The summed E-state index contributed by atoms with van der Waals surface area (Å²) in [5.41, 5.74) is -5.37. The van der Waals surface area contributed by atoms with Crippen LogP contribution in [0.25, 0.3) is 0 Å². The summed E-state index contributed by atoms with van der Waals surface area (Å²) in [5.74, 6) is -0.137. The van der Waals surface area contributed by atoms with E-state index in [0.717, 1.165) is 0 Å². The summed E-state index contributed by atoms with van der Waals surface area (Å²) in [4.78, 5) is 0. The van der Waals surface area contributed by atoms with Gasteiger partial charge < -0.3 is 4.18 Å². The smallest absolute Gasteiger partial charge is 0.381 e. The van der Waals surface area contributed by atoms with E-state index in [1.54, 1.807) is 6.08 Å². The van der Waals surface area contributed by atoms with E-state index in [2.05, 4.69) is 4.18 Å². The third kappa shape index (κ3) is 3.55. The summed E-state index contributed by atoms with van der Waals surface area (Å²) in [7, 11) is -5.52. The highest BCUT2D eigenvalue weighted by Gasteiger charge is 2.48. The molecule has 0 N–H and O–H groups in total. The fraction of sp³-hybridized carbons (Fsp3) is 0.556. The molecule has 0 unspecified atom stereocenters. The normalized spacial score (nSPS) is 18.6. The third-order valence-electron chi connectivity index (χ3n) is 1.93. The van der Waals surface area contributed by atoms with Gasteiger partial charge in [-0.15, -0.1) is 0 Å². The Balaban J connectivity index is 2.73. The molecule has 1 aliphatic rings. The molecule has 0 spiro atoms. The first kappa shape index (κ1) is 13.1. The Morgan fingerprint density at radius 2 is 1.75 bits per heavy atom. The molecule has 0 bridgehead atoms. The average molecular weight is 256 g/mol. The number of alkyl halides is 3. The maximum absolute atomic E-state index is 12.0. The molecule has 0 fully saturated rings. The molecule has 3 nitrogen and oxygen atoms in total. The summed E-state index contributed by atoms with van der Waals surface area (Å²) >= 11 is 0. The molecular weight excluding hydrogens is 245 g/mol. The van der Waals surface area contributed by atoms with Crippen molar-refractivity contribution in [1.29, 1.82) is 0 Å². The van der Waals surface area contributed by atoms with Gasteiger partial charge in [-0.2, -0.15) is 21.6 Å². The van der Waals surface area contributed by atoms with Crippen LogP contribution < -0.4 is 0 Å². The van der Waals surface area contributed by atoms with Gasteiger partial charge in [0, 0.05) is 6.42 Å². The molecule has 0 radical (unpaired) electrons. The van der Waals surface area contributed by atoms with Crippen LogP contribution >= 0.6 is 0 Å². The van der Waals surface area contributed by atoms with Crippen molar-refractivity contribution >= 4 is 10.1 Å². The second-order valence-electron chi connectivity index (χ2n) is 3.24. The lowest BCUT2D eigenvalue weighted by Gasteiger charge is -2.12. The molecule has 0 amide bonds. The molecule has 1 aliphatic carbocycles. The Kier molecular flexibility index (Phi) is 4.01. The standard InChI is InChI=1S/C9H11F3O3S/c10-9(11,12)16(13,14)15-8-6-4-2-1-3-5-7-8/h1-2,7H,3-6H2. The highest BCUT2D eigenvalue weighted by atomic mass is 32.2. The fourth-order valence-electron chi connectivity index (χ4n) is 1.17. The van der Waals surface area contributed by atoms with Gasteiger partial charge in [0.15, 0.2) is 0 Å². The molecule has 0 aromatic heterocycles. The molecule has 16 heavy (non-hydrogen) atoms. The molecule has 0 aliphatic heterocycles. The first-order valence-corrected chi connectivity index (χ1v) is 6.08. The van der Waals surface area contributed by atoms with E-state index in [-0.39, 0.29) is 12.2 Å². The first-order chi connectivity index (χ1) is 7.33. The molecule has 0 aromatic rings. The first-order valence-electron chi connectivity index (χ1n) is 4.68. The van der Waals surface area contributed by atoms with E-state index in [4.69, 9.17) is 0 Å². The van der Waals surface area contributed by atoms with Crippen LogP contribution in [0.4, 0.5) is 13.2 Å². The second-order valence-corrected chi connectivity index (χ2v) is 4.78. The zero-order valence-corrected chi connectivity index (χ0v) is 9.14. The van der Waals surface area contributed by atoms with Crippen molar-refractivity contribution in [2.45, 2.75) is 31.2 Å². The molecule has 0 heterocycles. The Labute approximate surface area is 91.7 Å². The Morgan fingerprint density at radius 3 is 2.38 bits per heavy atom. The summed E-state index contributed by atoms with van der Waals surface area (Å²) in [5, 5.41) is 0. The van der Waals surface area contributed by atoms with Crippen LogP contribution in [0.1, 0.15) is 25.7 Å². The Bertz CT molecular complexity index is 393. The van der Waals surface area contributed by atoms with Gasteiger partial charge in [0.1, 0.15) is 5.76 Å². The van der Waals surface area contributed by atoms with Gasteiger partial charge in [-0.25, -0.2) is 0 Å². The van der Waals surface area contributed by atoms with Crippen molar-refractivity contribution in [3.63, 3.8) is 0 Å². The minimum atomic E-state index is -5.52. The van der Waals surface area contributed by atoms with Crippen molar-refractivity contribution in [3.05, 3.63) is 24.0 Å². The monoisotopic (exact) mass is 256 g/mol. The van der Waals surface area contributed by atoms with Crippen molar-refractivity contribution in [3.8, 4) is 0 Å². The van der Waals surface area contributed by atoms with E-state index in [1.165, 1.54) is 6.08 Å². The SMILES string of the molecule is O=S(=O)(OC1=CCCC=CCC1)C(F)(F)F. The topological polar surface area (TPSA) is 43.4 Å². The molecule has 92 valence electrons. The van der Waals surface area contributed by atoms with Crippen LogP contribution in [0.15, 0.2) is 24.0 Å². The zero-order valence-electron chi connectivity index (χ0n) is 8.33. The van der Waals surface area contributed by atoms with Gasteiger partial charge in [0.05, 0.1) is 0 Å². The summed E-state index contributed by atoms with van der Waals surface area (Å²) in [6.07, 6.45) is 6.83. The van der Waals surface area contributed by atoms with Crippen LogP contribution in [-0.2, 0) is 14.3 Å². The van der Waals surface area contributed by atoms with Gasteiger partial charge in [0.25, 0.3) is 0 Å². The van der Waals surface area contributed by atoms with Crippen LogP contribution in [-0.4, -0.2) is 13.9 Å². The fourth-order valence-corrected chi connectivity index (χ4v) is 1.70. The zero-order chi connectivity index (χ0) is 12.2. The van der Waals surface area contributed by atoms with E-state index >= 15 is 0 Å². The lowest BCUT2D eigenvalue weighted by atomic mass is 10.1. The third-order valence-corrected chi connectivity index (χ3v) is 2.93. The molecule has 0 saturated heterocycles. The van der Waals surface area contributed by atoms with E-state index in [0.29, 0.717) is 19.3 Å². The highest BCUT2D eigenvalue weighted by Crippen LogP contribution is 2.28. The maximum Gasteiger partial charge on any atom is 0.534 e. The number of allylic oxidation sites excluding steroid dienone is 4. The van der Waals surface area contributed by atoms with Crippen molar-refractivity contribution in [2.75, 3.05) is 0 Å². The largest absolute Gasteiger partial charge is 0.534 e. The van der Waals surface area contributed by atoms with Gasteiger partial charge in [0.2, 0.25) is 0 Å². The molecule has 7 heteroatoms. The minimum Gasteiger partial charge on any atom is -0.381 e. The Morgan fingerprint density at radius 1 is 1.12 bits per heavy atom. The summed E-state index contributed by atoms with van der Waals surface area (Å²) < 4.78 is 61.5. The quantitative estimate of drug-likeness (QED) is 0.433. The lowest BCUT2D eigenvalue weighted by Crippen LogP contribution is -2.25. The van der Waals surface area contributed by atoms with Crippen molar-refractivity contribution in [1.82, 2.24) is 0 Å². The lowest BCUT2D eigenvalue weighted by molar-refractivity contribution is -0.0523. The van der Waals surface area contributed by atoms with Crippen molar-refractivity contribution < 1.29 is 25.8 Å². The van der Waals surface area contributed by atoms with Crippen molar-refractivity contribution in [2.24, 2.45) is 0 Å². The van der Waals surface area contributed by atoms with Crippen LogP contribution in [0.2, 0.25) is 0 Å². The predicted molar refractivity (Wildman–Crippen MR) is 51.8 cm³/mol. The van der Waals surface area contributed by atoms with Gasteiger partial charge in [-0.1, -0.05) is 12.2 Å². The van der Waals surface area contributed by atoms with Crippen LogP contribution in [0.3, 0.4) is 0 Å². The summed E-state index contributed by atoms with van der Waals surface area (Å²) in [6.45, 7) is 0. The Hall–Kier alpha value is -0.980. The second kappa shape index (κ2) is 4.90. The minimum absolute atomic E-state index is 0.137. The molecule has 0 atom stereocenters. The number of halogens is 3. The molecule has 1 rings (SSSR count). The molecule has 0 saturated carbocycles. The number of rotatable bonds is 2. The van der Waals surface area contributed by atoms with Gasteiger partial charge >= 0.3 is 15.6 Å². The molecule has 0 aromatic carbocycles. The van der Waals surface area contributed by atoms with E-state index in [1.807, 2.05) is 6.08 Å². The van der Waals surface area contributed by atoms with Crippen LogP contribution in [0, 0.1) is 0 Å². The average Bonchev–Trinajstić information content (AvgIpc) is 2.07. The van der Waals surface area contributed by atoms with E-state index in [9.17, 15) is 21.6 Å². The number of hydrogen-bond acceptors (Lipinski definition) is 3. The predicted octanol–water partition coefficient (Wildman–Crippen LogP) is 2.87. The van der Waals surface area contributed by atoms with Gasteiger partial charge in [-0.3, -0.25) is 0 Å².